The Hall–Kier alpha value is -3.47. The second-order valence-corrected chi connectivity index (χ2v) is 8.06. The first-order chi connectivity index (χ1) is 14.6. The molecule has 0 aliphatic heterocycles. The van der Waals surface area contributed by atoms with Gasteiger partial charge >= 0.3 is 0 Å². The average molecular weight is 396 g/mol. The van der Waals surface area contributed by atoms with Crippen molar-refractivity contribution < 1.29 is 4.79 Å². The minimum atomic E-state index is 0.0342. The Labute approximate surface area is 175 Å². The van der Waals surface area contributed by atoms with Gasteiger partial charge in [-0.1, -0.05) is 60.6 Å². The number of nitrogens with two attached hydrogens (primary N) is 1. The zero-order chi connectivity index (χ0) is 20.7. The molecule has 5 rings (SSSR count). The van der Waals surface area contributed by atoms with Crippen LogP contribution in [0.2, 0.25) is 0 Å². The Kier molecular flexibility index (Phi) is 4.58. The lowest BCUT2D eigenvalue weighted by Gasteiger charge is -2.23. The summed E-state index contributed by atoms with van der Waals surface area (Å²) >= 11 is 0. The van der Waals surface area contributed by atoms with Crippen LogP contribution in [0.1, 0.15) is 60.4 Å². The molecule has 3 aromatic rings. The topological polar surface area (TPSA) is 73.3 Å². The average Bonchev–Trinajstić information content (AvgIpc) is 2.98. The molecule has 2 aromatic heterocycles. The summed E-state index contributed by atoms with van der Waals surface area (Å²) in [5, 5.41) is 0. The number of ketones is 1. The van der Waals surface area contributed by atoms with Crippen LogP contribution in [0, 0.1) is 0 Å². The Morgan fingerprint density at radius 2 is 1.97 bits per heavy atom. The third kappa shape index (κ3) is 3.07. The van der Waals surface area contributed by atoms with Crippen molar-refractivity contribution in [1.82, 2.24) is 14.4 Å². The zero-order valence-electron chi connectivity index (χ0n) is 17.0. The van der Waals surface area contributed by atoms with Gasteiger partial charge in [0.15, 0.2) is 5.78 Å². The number of imidazole rings is 1. The fourth-order valence-corrected chi connectivity index (χ4v) is 4.19. The van der Waals surface area contributed by atoms with Gasteiger partial charge in [-0.15, -0.1) is 0 Å². The molecule has 1 fully saturated rings. The third-order valence-electron chi connectivity index (χ3n) is 6.15. The SMILES string of the molecule is CC1=C(c2nc(C3CCC3)n3ccnc(N)c23)C=CC(C(=O)c2ccccc2)=CC1. The Balaban J connectivity index is 1.57. The quantitative estimate of drug-likeness (QED) is 0.621. The van der Waals surface area contributed by atoms with Gasteiger partial charge in [0.1, 0.15) is 22.9 Å². The molecular formula is C25H24N4O. The number of aromatic nitrogens is 3. The molecule has 1 saturated carbocycles. The molecule has 0 radical (unpaired) electrons. The lowest BCUT2D eigenvalue weighted by molar-refractivity contribution is 0.103. The number of nitrogen functional groups attached to an aromatic ring is 1. The van der Waals surface area contributed by atoms with E-state index in [0.29, 0.717) is 29.3 Å². The van der Waals surface area contributed by atoms with Gasteiger partial charge < -0.3 is 5.73 Å². The van der Waals surface area contributed by atoms with Gasteiger partial charge in [0, 0.05) is 35.0 Å². The minimum absolute atomic E-state index is 0.0342. The molecule has 1 aromatic carbocycles. The van der Waals surface area contributed by atoms with Crippen LogP contribution in [0.4, 0.5) is 5.82 Å². The van der Waals surface area contributed by atoms with E-state index >= 15 is 0 Å². The fourth-order valence-electron chi connectivity index (χ4n) is 4.19. The molecule has 0 atom stereocenters. The monoisotopic (exact) mass is 396 g/mol. The number of fused-ring (bicyclic) bond motifs is 1. The number of carbonyl (C=O) groups is 1. The van der Waals surface area contributed by atoms with E-state index in [1.54, 1.807) is 6.20 Å². The number of anilines is 1. The van der Waals surface area contributed by atoms with E-state index in [1.165, 1.54) is 6.42 Å². The molecule has 5 nitrogen and oxygen atoms in total. The van der Waals surface area contributed by atoms with Crippen LogP contribution in [-0.4, -0.2) is 20.2 Å². The highest BCUT2D eigenvalue weighted by atomic mass is 16.1. The maximum absolute atomic E-state index is 12.9. The van der Waals surface area contributed by atoms with E-state index in [4.69, 9.17) is 10.7 Å². The largest absolute Gasteiger partial charge is 0.382 e. The van der Waals surface area contributed by atoms with Gasteiger partial charge in [0.25, 0.3) is 0 Å². The van der Waals surface area contributed by atoms with Gasteiger partial charge in [0.05, 0.1) is 0 Å². The molecule has 2 heterocycles. The summed E-state index contributed by atoms with van der Waals surface area (Å²) in [7, 11) is 0. The number of rotatable bonds is 4. The van der Waals surface area contributed by atoms with Crippen molar-refractivity contribution in [1.29, 1.82) is 0 Å². The highest BCUT2D eigenvalue weighted by Crippen LogP contribution is 2.39. The first-order valence-corrected chi connectivity index (χ1v) is 10.4. The molecule has 30 heavy (non-hydrogen) atoms. The summed E-state index contributed by atoms with van der Waals surface area (Å²) in [5.74, 6) is 2.05. The number of hydrogen-bond acceptors (Lipinski definition) is 4. The van der Waals surface area contributed by atoms with Crippen molar-refractivity contribution in [2.75, 3.05) is 5.73 Å². The number of nitrogens with zero attached hydrogens (tertiary/aromatic N) is 3. The molecule has 0 bridgehead atoms. The van der Waals surface area contributed by atoms with Gasteiger partial charge in [-0.3, -0.25) is 9.20 Å². The van der Waals surface area contributed by atoms with Crippen LogP contribution in [0.25, 0.3) is 11.1 Å². The summed E-state index contributed by atoms with van der Waals surface area (Å²) in [4.78, 5) is 22.3. The molecule has 5 heteroatoms. The maximum Gasteiger partial charge on any atom is 0.192 e. The molecule has 0 unspecified atom stereocenters. The van der Waals surface area contributed by atoms with E-state index in [2.05, 4.69) is 16.3 Å². The van der Waals surface area contributed by atoms with Crippen molar-refractivity contribution in [3.8, 4) is 0 Å². The first kappa shape index (κ1) is 18.6. The fraction of sp³-hybridized carbons (Fsp3) is 0.240. The Bertz CT molecular complexity index is 1230. The normalized spacial score (nSPS) is 17.0. The van der Waals surface area contributed by atoms with Crippen molar-refractivity contribution >= 4 is 22.7 Å². The van der Waals surface area contributed by atoms with Crippen LogP contribution in [-0.2, 0) is 0 Å². The van der Waals surface area contributed by atoms with Gasteiger partial charge in [0.2, 0.25) is 0 Å². The molecule has 0 saturated heterocycles. The number of Topliss-reactive ketones (excluding diaryl/α,β-unsaturated/α-hetero) is 1. The molecule has 2 aliphatic rings. The third-order valence-corrected chi connectivity index (χ3v) is 6.15. The standard InChI is InChI=1S/C25H24N4O/c1-16-10-11-18(23(30)17-6-3-2-4-7-17)12-13-20(16)21-22-24(26)27-14-15-29(22)25(28-21)19-8-5-9-19/h2-4,6-7,11-15,19H,5,8-10H2,1H3,(H2,26,27). The highest BCUT2D eigenvalue weighted by Gasteiger charge is 2.27. The lowest BCUT2D eigenvalue weighted by atomic mass is 9.85. The van der Waals surface area contributed by atoms with Gasteiger partial charge in [-0.05, 0) is 26.2 Å². The van der Waals surface area contributed by atoms with E-state index in [9.17, 15) is 4.79 Å². The summed E-state index contributed by atoms with van der Waals surface area (Å²) in [6.07, 6.45) is 13.8. The molecular weight excluding hydrogens is 372 g/mol. The van der Waals surface area contributed by atoms with E-state index in [1.807, 2.05) is 54.8 Å². The van der Waals surface area contributed by atoms with E-state index in [-0.39, 0.29) is 5.78 Å². The number of carbonyl (C=O) groups excluding carboxylic acids is 1. The van der Waals surface area contributed by atoms with E-state index < -0.39 is 0 Å². The van der Waals surface area contributed by atoms with Crippen LogP contribution in [0.5, 0.6) is 0 Å². The molecule has 150 valence electrons. The minimum Gasteiger partial charge on any atom is -0.382 e. The molecule has 2 N–H and O–H groups in total. The zero-order valence-corrected chi connectivity index (χ0v) is 17.0. The summed E-state index contributed by atoms with van der Waals surface area (Å²) in [5.41, 5.74) is 11.6. The van der Waals surface area contributed by atoms with Crippen LogP contribution in [0.15, 0.2) is 72.1 Å². The summed E-state index contributed by atoms with van der Waals surface area (Å²) in [6.45, 7) is 2.09. The highest BCUT2D eigenvalue weighted by molar-refractivity contribution is 6.11. The van der Waals surface area contributed by atoms with Crippen molar-refractivity contribution in [2.45, 2.75) is 38.5 Å². The predicted molar refractivity (Wildman–Crippen MR) is 119 cm³/mol. The maximum atomic E-state index is 12.9. The smallest absolute Gasteiger partial charge is 0.192 e. The Morgan fingerprint density at radius 3 is 2.70 bits per heavy atom. The molecule has 2 aliphatic carbocycles. The number of hydrogen-bond donors (Lipinski definition) is 1. The van der Waals surface area contributed by atoms with E-state index in [0.717, 1.165) is 41.0 Å². The van der Waals surface area contributed by atoms with Gasteiger partial charge in [-0.2, -0.15) is 0 Å². The lowest BCUT2D eigenvalue weighted by Crippen LogP contribution is -2.12. The van der Waals surface area contributed by atoms with Crippen molar-refractivity contribution in [2.24, 2.45) is 0 Å². The predicted octanol–water partition coefficient (Wildman–Crippen LogP) is 5.12. The summed E-state index contributed by atoms with van der Waals surface area (Å²) < 4.78 is 2.10. The second kappa shape index (κ2) is 7.41. The van der Waals surface area contributed by atoms with Crippen molar-refractivity contribution in [3.63, 3.8) is 0 Å². The summed E-state index contributed by atoms with van der Waals surface area (Å²) in [6, 6.07) is 9.39. The van der Waals surface area contributed by atoms with Crippen LogP contribution in [0.3, 0.4) is 0 Å². The number of benzene rings is 1. The number of allylic oxidation sites excluding steroid dienone is 6. The van der Waals surface area contributed by atoms with Crippen molar-refractivity contribution in [3.05, 3.63) is 89.2 Å². The molecule has 0 spiro atoms. The van der Waals surface area contributed by atoms with Gasteiger partial charge in [-0.25, -0.2) is 9.97 Å². The molecule has 0 amide bonds. The van der Waals surface area contributed by atoms with Crippen LogP contribution < -0.4 is 5.73 Å². The second-order valence-electron chi connectivity index (χ2n) is 8.06. The Morgan fingerprint density at radius 1 is 1.17 bits per heavy atom. The van der Waals surface area contributed by atoms with Crippen LogP contribution >= 0.6 is 0 Å². The first-order valence-electron chi connectivity index (χ1n) is 10.4.